The number of rotatable bonds is 6. The molecule has 0 aliphatic carbocycles. The van der Waals surface area contributed by atoms with Gasteiger partial charge in [-0.1, -0.05) is 0 Å². The zero-order valence-electron chi connectivity index (χ0n) is 11.8. The molecule has 17 heteroatoms. The maximum absolute atomic E-state index is 10.1. The Morgan fingerprint density at radius 1 is 0.900 bits per heavy atom. The van der Waals surface area contributed by atoms with Crippen molar-refractivity contribution in [1.29, 1.82) is 0 Å². The van der Waals surface area contributed by atoms with Gasteiger partial charge in [-0.25, -0.2) is 0 Å². The second-order valence-electron chi connectivity index (χ2n) is 2.10. The molecule has 10 nitrogen and oxygen atoms in total. The van der Waals surface area contributed by atoms with Gasteiger partial charge in [0.25, 0.3) is 0 Å². The van der Waals surface area contributed by atoms with Crippen molar-refractivity contribution < 1.29 is 195 Å². The van der Waals surface area contributed by atoms with E-state index < -0.39 is 34.3 Å². The molecule has 0 bridgehead atoms. The van der Waals surface area contributed by atoms with Gasteiger partial charge in [-0.2, -0.15) is 0 Å². The second-order valence-corrected chi connectivity index (χ2v) is 4.36. The van der Waals surface area contributed by atoms with Crippen molar-refractivity contribution >= 4 is 21.6 Å². The minimum Gasteiger partial charge on any atom is -0.790 e. The van der Waals surface area contributed by atoms with Gasteiger partial charge in [-0.05, 0) is 0 Å². The number of carbonyl (C=O) groups excluding carboxylic acids is 1. The largest absolute Gasteiger partial charge is 1.00 e. The third-order valence-corrected chi connectivity index (χ3v) is 1.88. The fourth-order valence-corrected chi connectivity index (χ4v) is 1.23. The molecule has 0 aliphatic heterocycles. The third-order valence-electron chi connectivity index (χ3n) is 0.903. The summed E-state index contributed by atoms with van der Waals surface area (Å²) in [4.78, 5) is 49.7. The van der Waals surface area contributed by atoms with Gasteiger partial charge >= 0.3 is 148 Å². The topological polar surface area (TPSA) is 185 Å². The van der Waals surface area contributed by atoms with E-state index in [0.29, 0.717) is 0 Å². The smallest absolute Gasteiger partial charge is 0.790 e. The third kappa shape index (κ3) is 27.5. The number of carbonyl (C=O) groups is 1. The molecule has 20 heavy (non-hydrogen) atoms. The van der Waals surface area contributed by atoms with Crippen LogP contribution in [0.5, 0.6) is 0 Å². The van der Waals surface area contributed by atoms with Gasteiger partial charge in [0.15, 0.2) is 0 Å². The molecule has 0 aromatic heterocycles. The molecule has 0 heterocycles. The molecule has 0 N–H and O–H groups in total. The molecule has 0 unspecified atom stereocenters. The van der Waals surface area contributed by atoms with Crippen LogP contribution in [-0.2, 0) is 23.0 Å². The molecular formula is C3H3Na5O10P2. The van der Waals surface area contributed by atoms with Crippen molar-refractivity contribution in [3.63, 3.8) is 0 Å². The zero-order valence-corrected chi connectivity index (χ0v) is 23.6. The number of phosphoric acid groups is 2. The van der Waals surface area contributed by atoms with Gasteiger partial charge in [0.1, 0.15) is 6.10 Å². The molecule has 0 rings (SSSR count). The standard InChI is InChI=1S/C3H8O10P2.5Na/c4-3(5)2(13-15(9,10)11)1-12-14(6,7)8;;;;;/h2H,1H2,(H,4,5)(H2,6,7,8)(H2,9,10,11);;;;;/q;5*+1/p-5/t2-;;;;;/m1...../s1. The SMILES string of the molecule is O=C([O-])[C@@H](COP(=O)([O-])[O-])OP(=O)([O-])[O-].[Na+].[Na+].[Na+].[Na+].[Na+]. The summed E-state index contributed by atoms with van der Waals surface area (Å²) in [5.74, 6) is -2.21. The summed E-state index contributed by atoms with van der Waals surface area (Å²) >= 11 is 0. The van der Waals surface area contributed by atoms with Crippen LogP contribution in [0.4, 0.5) is 0 Å². The molecule has 0 aromatic rings. The van der Waals surface area contributed by atoms with Crippen molar-refractivity contribution in [1.82, 2.24) is 0 Å². The molecule has 0 fully saturated rings. The van der Waals surface area contributed by atoms with Gasteiger partial charge in [-0.15, -0.1) is 0 Å². The maximum Gasteiger partial charge on any atom is 1.00 e. The predicted octanol–water partition coefficient (Wildman–Crippen LogP) is -20.2. The minimum atomic E-state index is -5.65. The van der Waals surface area contributed by atoms with Crippen LogP contribution >= 0.6 is 15.6 Å². The molecule has 0 amide bonds. The van der Waals surface area contributed by atoms with Crippen molar-refractivity contribution in [2.75, 3.05) is 6.61 Å². The normalized spacial score (nSPS) is 11.2. The van der Waals surface area contributed by atoms with E-state index in [4.69, 9.17) is 0 Å². The van der Waals surface area contributed by atoms with E-state index in [0.717, 1.165) is 0 Å². The van der Waals surface area contributed by atoms with Gasteiger partial charge in [0.05, 0.1) is 28.2 Å². The van der Waals surface area contributed by atoms with Crippen molar-refractivity contribution in [2.24, 2.45) is 0 Å². The summed E-state index contributed by atoms with van der Waals surface area (Å²) in [7, 11) is -11.1. The first-order chi connectivity index (χ1) is 6.51. The fourth-order valence-electron chi connectivity index (χ4n) is 0.456. The van der Waals surface area contributed by atoms with E-state index in [1.54, 1.807) is 0 Å². The number of carboxylic acid groups (broad SMARTS) is 1. The van der Waals surface area contributed by atoms with Crippen LogP contribution < -0.4 is 172 Å². The number of hydrogen-bond donors (Lipinski definition) is 0. The van der Waals surface area contributed by atoms with Crippen LogP contribution in [0.1, 0.15) is 0 Å². The van der Waals surface area contributed by atoms with E-state index in [2.05, 4.69) is 9.05 Å². The minimum absolute atomic E-state index is 0. The molecule has 0 aromatic carbocycles. The van der Waals surface area contributed by atoms with E-state index >= 15 is 0 Å². The first kappa shape index (κ1) is 39.7. The van der Waals surface area contributed by atoms with Crippen LogP contribution in [0.15, 0.2) is 0 Å². The Labute approximate surface area is 225 Å². The van der Waals surface area contributed by atoms with Crippen LogP contribution in [0.25, 0.3) is 0 Å². The molecule has 1 atom stereocenters. The first-order valence-electron chi connectivity index (χ1n) is 3.09. The Morgan fingerprint density at radius 3 is 1.45 bits per heavy atom. The summed E-state index contributed by atoms with van der Waals surface area (Å²) in [5.41, 5.74) is 0. The summed E-state index contributed by atoms with van der Waals surface area (Å²) in [6.07, 6.45) is -2.48. The molecule has 0 aliphatic rings. The summed E-state index contributed by atoms with van der Waals surface area (Å²) in [6, 6.07) is 0. The van der Waals surface area contributed by atoms with Gasteiger partial charge in [0, 0.05) is 0 Å². The molecule has 0 saturated carbocycles. The predicted molar refractivity (Wildman–Crippen MR) is 31.0 cm³/mol. The maximum atomic E-state index is 10.1. The number of hydrogen-bond acceptors (Lipinski definition) is 10. The van der Waals surface area contributed by atoms with E-state index in [1.165, 1.54) is 0 Å². The number of carboxylic acids is 1. The Kier molecular flexibility index (Phi) is 36.7. The molecular weight excluding hydrogens is 373 g/mol. The fraction of sp³-hybridized carbons (Fsp3) is 0.667. The zero-order chi connectivity index (χ0) is 12.3. The monoisotopic (exact) mass is 376 g/mol. The molecule has 90 valence electrons. The first-order valence-corrected chi connectivity index (χ1v) is 6.01. The Balaban J connectivity index is -0.0000000980. The number of phosphoric ester groups is 2. The van der Waals surface area contributed by atoms with Crippen LogP contribution in [-0.4, -0.2) is 18.7 Å². The Hall–Kier alpha value is 4.69. The Bertz CT molecular complexity index is 327. The van der Waals surface area contributed by atoms with Gasteiger partial charge in [-0.3, -0.25) is 0 Å². The van der Waals surface area contributed by atoms with Crippen LogP contribution in [0.2, 0.25) is 0 Å². The second kappa shape index (κ2) is 18.5. The number of aliphatic carboxylic acids is 1. The average Bonchev–Trinajstić information content (AvgIpc) is 1.93. The van der Waals surface area contributed by atoms with Crippen molar-refractivity contribution in [3.05, 3.63) is 0 Å². The van der Waals surface area contributed by atoms with Crippen LogP contribution in [0, 0.1) is 0 Å². The quantitative estimate of drug-likeness (QED) is 0.318. The van der Waals surface area contributed by atoms with E-state index in [1.807, 2.05) is 0 Å². The molecule has 0 radical (unpaired) electrons. The summed E-state index contributed by atoms with van der Waals surface area (Å²) < 4.78 is 26.6. The summed E-state index contributed by atoms with van der Waals surface area (Å²) in [6.45, 7) is -1.46. The molecule has 0 saturated heterocycles. The van der Waals surface area contributed by atoms with Crippen LogP contribution in [0.3, 0.4) is 0 Å². The van der Waals surface area contributed by atoms with E-state index in [9.17, 15) is 38.6 Å². The van der Waals surface area contributed by atoms with E-state index in [-0.39, 0.29) is 148 Å². The summed E-state index contributed by atoms with van der Waals surface area (Å²) in [5, 5.41) is 10.1. The molecule has 0 spiro atoms. The van der Waals surface area contributed by atoms with Crippen molar-refractivity contribution in [3.8, 4) is 0 Å². The van der Waals surface area contributed by atoms with Gasteiger partial charge in [0.2, 0.25) is 0 Å². The Morgan fingerprint density at radius 2 is 1.25 bits per heavy atom. The average molecular weight is 376 g/mol. The van der Waals surface area contributed by atoms with Gasteiger partial charge < -0.3 is 47.7 Å². The van der Waals surface area contributed by atoms with Crippen molar-refractivity contribution in [2.45, 2.75) is 6.10 Å².